The number of benzene rings is 1. The number of nitrogens with zero attached hydrogens (tertiary/aromatic N) is 2. The molecule has 0 atom stereocenters. The van der Waals surface area contributed by atoms with Crippen molar-refractivity contribution in [3.63, 3.8) is 0 Å². The van der Waals surface area contributed by atoms with E-state index in [9.17, 15) is 4.79 Å². The van der Waals surface area contributed by atoms with Gasteiger partial charge in [-0.15, -0.1) is 6.42 Å². The van der Waals surface area contributed by atoms with E-state index in [4.69, 9.17) is 12.2 Å². The van der Waals surface area contributed by atoms with Crippen LogP contribution in [-0.4, -0.2) is 16.2 Å². The van der Waals surface area contributed by atoms with Gasteiger partial charge in [0.1, 0.15) is 5.82 Å². The Balaban J connectivity index is 1.99. The number of carbonyl (C=O) groups excluding carboxylic acids is 1. The number of aromatic nitrogens is 2. The van der Waals surface area contributed by atoms with Gasteiger partial charge in [0.2, 0.25) is 0 Å². The smallest absolute Gasteiger partial charge is 0.325 e. The molecule has 2 aromatic rings. The number of aromatic amines is 1. The summed E-state index contributed by atoms with van der Waals surface area (Å²) in [7, 11) is 0. The molecule has 1 fully saturated rings. The first-order valence-corrected chi connectivity index (χ1v) is 6.40. The van der Waals surface area contributed by atoms with Crippen LogP contribution in [0, 0.1) is 12.3 Å². The van der Waals surface area contributed by atoms with E-state index in [0.29, 0.717) is 23.0 Å². The number of carbonyl (C=O) groups is 1. The minimum atomic E-state index is -0.579. The first kappa shape index (κ1) is 12.3. The Morgan fingerprint density at radius 3 is 2.90 bits per heavy atom. The molecule has 0 spiro atoms. The number of hydrogen-bond donors (Lipinski definition) is 2. The molecule has 0 aliphatic heterocycles. The fraction of sp³-hybridized carbons (Fsp3) is 0.200. The molecule has 0 radical (unpaired) electrons. The Bertz CT molecular complexity index is 694. The molecule has 100 valence electrons. The minimum Gasteiger partial charge on any atom is -0.351 e. The molecule has 1 aliphatic carbocycles. The lowest BCUT2D eigenvalue weighted by molar-refractivity contribution is 0.256. The van der Waals surface area contributed by atoms with Crippen molar-refractivity contribution in [1.82, 2.24) is 10.2 Å². The van der Waals surface area contributed by atoms with Crippen molar-refractivity contribution in [2.24, 2.45) is 5.73 Å². The summed E-state index contributed by atoms with van der Waals surface area (Å²) in [5.41, 5.74) is 7.77. The number of terminal acetylenes is 1. The number of nitrogens with one attached hydrogen (secondary N) is 1. The second kappa shape index (κ2) is 4.74. The standard InChI is InChI=1S/C15H14N4O/c1-2-10-4-3-5-12(8-10)19(15(16)20)14-9-13(17-18-14)11-6-7-11/h1,3-5,8-9,11H,6-7H2,(H2,16,20)(H,17,18). The largest absolute Gasteiger partial charge is 0.351 e. The second-order valence-corrected chi connectivity index (χ2v) is 4.82. The summed E-state index contributed by atoms with van der Waals surface area (Å²) in [6.07, 6.45) is 7.67. The highest BCUT2D eigenvalue weighted by atomic mass is 16.2. The van der Waals surface area contributed by atoms with Gasteiger partial charge in [0, 0.05) is 17.5 Å². The van der Waals surface area contributed by atoms with Crippen LogP contribution >= 0.6 is 0 Å². The van der Waals surface area contributed by atoms with Gasteiger partial charge >= 0.3 is 6.03 Å². The third-order valence-corrected chi connectivity index (χ3v) is 3.31. The van der Waals surface area contributed by atoms with Crippen molar-refractivity contribution in [3.05, 3.63) is 41.6 Å². The third-order valence-electron chi connectivity index (χ3n) is 3.31. The van der Waals surface area contributed by atoms with Gasteiger partial charge in [-0.25, -0.2) is 9.69 Å². The van der Waals surface area contributed by atoms with Crippen LogP contribution in [-0.2, 0) is 0 Å². The Labute approximate surface area is 116 Å². The maximum Gasteiger partial charge on any atom is 0.325 e. The Morgan fingerprint density at radius 2 is 2.25 bits per heavy atom. The first-order chi connectivity index (χ1) is 9.69. The van der Waals surface area contributed by atoms with Gasteiger partial charge in [-0.2, -0.15) is 5.10 Å². The predicted molar refractivity (Wildman–Crippen MR) is 76.7 cm³/mol. The molecule has 20 heavy (non-hydrogen) atoms. The normalized spacial score (nSPS) is 13.8. The number of anilines is 2. The summed E-state index contributed by atoms with van der Waals surface area (Å²) < 4.78 is 0. The van der Waals surface area contributed by atoms with Crippen molar-refractivity contribution in [1.29, 1.82) is 0 Å². The highest BCUT2D eigenvalue weighted by Crippen LogP contribution is 2.40. The van der Waals surface area contributed by atoms with Crippen molar-refractivity contribution < 1.29 is 4.79 Å². The quantitative estimate of drug-likeness (QED) is 0.837. The van der Waals surface area contributed by atoms with Gasteiger partial charge in [-0.3, -0.25) is 5.10 Å². The summed E-state index contributed by atoms with van der Waals surface area (Å²) in [5.74, 6) is 3.61. The van der Waals surface area contributed by atoms with E-state index >= 15 is 0 Å². The lowest BCUT2D eigenvalue weighted by atomic mass is 10.2. The van der Waals surface area contributed by atoms with Gasteiger partial charge in [-0.05, 0) is 31.0 Å². The van der Waals surface area contributed by atoms with Gasteiger partial charge in [0.25, 0.3) is 0 Å². The van der Waals surface area contributed by atoms with E-state index in [-0.39, 0.29) is 0 Å². The first-order valence-electron chi connectivity index (χ1n) is 6.40. The Kier molecular flexibility index (Phi) is 2.92. The maximum atomic E-state index is 11.7. The topological polar surface area (TPSA) is 75.0 Å². The van der Waals surface area contributed by atoms with Gasteiger partial charge < -0.3 is 5.73 Å². The van der Waals surface area contributed by atoms with E-state index in [0.717, 1.165) is 18.5 Å². The van der Waals surface area contributed by atoms with E-state index in [2.05, 4.69) is 16.1 Å². The number of amides is 2. The highest BCUT2D eigenvalue weighted by molar-refractivity contribution is 5.97. The molecule has 1 aliphatic rings. The lowest BCUT2D eigenvalue weighted by Gasteiger charge is -2.18. The molecular weight excluding hydrogens is 252 g/mol. The molecule has 3 N–H and O–H groups in total. The molecule has 1 aromatic heterocycles. The molecule has 1 aromatic carbocycles. The van der Waals surface area contributed by atoms with E-state index in [1.807, 2.05) is 6.07 Å². The van der Waals surface area contributed by atoms with Crippen LogP contribution in [0.15, 0.2) is 30.3 Å². The molecule has 0 saturated heterocycles. The fourth-order valence-electron chi connectivity index (χ4n) is 2.15. The van der Waals surface area contributed by atoms with Crippen molar-refractivity contribution in [2.45, 2.75) is 18.8 Å². The number of hydrogen-bond acceptors (Lipinski definition) is 2. The molecule has 0 unspecified atom stereocenters. The maximum absolute atomic E-state index is 11.7. The molecule has 2 amide bonds. The molecule has 5 heteroatoms. The third kappa shape index (κ3) is 2.24. The average Bonchev–Trinajstić information content (AvgIpc) is 3.19. The fourth-order valence-corrected chi connectivity index (χ4v) is 2.15. The van der Waals surface area contributed by atoms with Crippen LogP contribution in [0.4, 0.5) is 16.3 Å². The summed E-state index contributed by atoms with van der Waals surface area (Å²) in [6.45, 7) is 0. The Morgan fingerprint density at radius 1 is 1.45 bits per heavy atom. The molecule has 3 rings (SSSR count). The van der Waals surface area contributed by atoms with Crippen LogP contribution in [0.2, 0.25) is 0 Å². The molecule has 1 heterocycles. The van der Waals surface area contributed by atoms with Crippen molar-refractivity contribution in [2.75, 3.05) is 4.90 Å². The molecule has 0 bridgehead atoms. The van der Waals surface area contributed by atoms with E-state index < -0.39 is 6.03 Å². The van der Waals surface area contributed by atoms with E-state index in [1.54, 1.807) is 24.3 Å². The van der Waals surface area contributed by atoms with E-state index in [1.165, 1.54) is 4.90 Å². The summed E-state index contributed by atoms with van der Waals surface area (Å²) in [4.78, 5) is 13.1. The SMILES string of the molecule is C#Cc1cccc(N(C(N)=O)c2cc(C3CC3)n[nH]2)c1. The number of rotatable bonds is 3. The molecule has 5 nitrogen and oxygen atoms in total. The van der Waals surface area contributed by atoms with Crippen molar-refractivity contribution >= 4 is 17.5 Å². The Hall–Kier alpha value is -2.74. The van der Waals surface area contributed by atoms with Crippen LogP contribution in [0.25, 0.3) is 0 Å². The summed E-state index contributed by atoms with van der Waals surface area (Å²) in [5, 5.41) is 7.10. The molecule has 1 saturated carbocycles. The van der Waals surface area contributed by atoms with Crippen molar-refractivity contribution in [3.8, 4) is 12.3 Å². The number of urea groups is 1. The van der Waals surface area contributed by atoms with Crippen LogP contribution in [0.5, 0.6) is 0 Å². The average molecular weight is 266 g/mol. The van der Waals surface area contributed by atoms with Crippen LogP contribution < -0.4 is 10.6 Å². The minimum absolute atomic E-state index is 0.506. The summed E-state index contributed by atoms with van der Waals surface area (Å²) in [6, 6.07) is 8.39. The zero-order valence-corrected chi connectivity index (χ0v) is 10.8. The highest BCUT2D eigenvalue weighted by Gasteiger charge is 2.27. The lowest BCUT2D eigenvalue weighted by Crippen LogP contribution is -2.31. The van der Waals surface area contributed by atoms with Gasteiger partial charge in [0.15, 0.2) is 0 Å². The summed E-state index contributed by atoms with van der Waals surface area (Å²) >= 11 is 0. The van der Waals surface area contributed by atoms with Crippen LogP contribution in [0.3, 0.4) is 0 Å². The number of H-pyrrole nitrogens is 1. The number of nitrogens with two attached hydrogens (primary N) is 1. The van der Waals surface area contributed by atoms with Gasteiger partial charge in [-0.1, -0.05) is 12.0 Å². The van der Waals surface area contributed by atoms with Crippen LogP contribution in [0.1, 0.15) is 30.0 Å². The second-order valence-electron chi connectivity index (χ2n) is 4.82. The number of primary amides is 1. The van der Waals surface area contributed by atoms with Gasteiger partial charge in [0.05, 0.1) is 11.4 Å². The predicted octanol–water partition coefficient (Wildman–Crippen LogP) is 2.49. The monoisotopic (exact) mass is 266 g/mol. The molecular formula is C15H14N4O. The zero-order chi connectivity index (χ0) is 14.1. The zero-order valence-electron chi connectivity index (χ0n) is 10.8.